The Bertz CT molecular complexity index is 957. The second-order valence-corrected chi connectivity index (χ2v) is 7.40. The van der Waals surface area contributed by atoms with E-state index in [1.807, 2.05) is 24.0 Å². The van der Waals surface area contributed by atoms with Gasteiger partial charge in [0.2, 0.25) is 5.91 Å². The van der Waals surface area contributed by atoms with Crippen molar-refractivity contribution >= 4 is 11.8 Å². The quantitative estimate of drug-likeness (QED) is 0.758. The van der Waals surface area contributed by atoms with Crippen molar-refractivity contribution in [2.75, 3.05) is 40.5 Å². The van der Waals surface area contributed by atoms with E-state index in [9.17, 15) is 9.59 Å². The number of hydrogen-bond acceptors (Lipinski definition) is 5. The fourth-order valence-corrected chi connectivity index (χ4v) is 4.25. The molecule has 0 spiro atoms. The van der Waals surface area contributed by atoms with Crippen LogP contribution >= 0.6 is 0 Å². The second-order valence-electron chi connectivity index (χ2n) is 7.40. The molecule has 2 aliphatic heterocycles. The lowest BCUT2D eigenvalue weighted by atomic mass is 9.90. The van der Waals surface area contributed by atoms with Crippen LogP contribution in [-0.2, 0) is 11.2 Å². The van der Waals surface area contributed by atoms with Crippen LogP contribution in [0.15, 0.2) is 36.4 Å². The minimum absolute atomic E-state index is 0.0361. The molecule has 0 saturated carbocycles. The highest BCUT2D eigenvalue weighted by Gasteiger charge is 2.39. The third-order valence-corrected chi connectivity index (χ3v) is 5.74. The van der Waals surface area contributed by atoms with Crippen LogP contribution in [0.5, 0.6) is 17.2 Å². The number of ether oxygens (including phenoxy) is 3. The summed E-state index contributed by atoms with van der Waals surface area (Å²) in [6.45, 7) is 3.65. The molecule has 7 heteroatoms. The normalized spacial score (nSPS) is 17.8. The van der Waals surface area contributed by atoms with Gasteiger partial charge >= 0.3 is 0 Å². The van der Waals surface area contributed by atoms with Crippen LogP contribution in [0.2, 0.25) is 0 Å². The lowest BCUT2D eigenvalue weighted by molar-refractivity contribution is -0.139. The average molecular weight is 410 g/mol. The number of nitrogens with zero attached hydrogens (tertiary/aromatic N) is 2. The molecule has 0 radical (unpaired) electrons. The molecule has 2 heterocycles. The zero-order valence-corrected chi connectivity index (χ0v) is 17.5. The van der Waals surface area contributed by atoms with Crippen LogP contribution in [0.4, 0.5) is 0 Å². The number of hydrogen-bond donors (Lipinski definition) is 0. The summed E-state index contributed by atoms with van der Waals surface area (Å²) in [5.41, 5.74) is 2.68. The maximum atomic E-state index is 13.1. The topological polar surface area (TPSA) is 68.3 Å². The van der Waals surface area contributed by atoms with Crippen molar-refractivity contribution < 1.29 is 23.8 Å². The van der Waals surface area contributed by atoms with E-state index in [0.29, 0.717) is 36.8 Å². The summed E-state index contributed by atoms with van der Waals surface area (Å²) in [4.78, 5) is 29.5. The van der Waals surface area contributed by atoms with Crippen molar-refractivity contribution in [2.45, 2.75) is 19.4 Å². The number of piperazine rings is 1. The molecular weight excluding hydrogens is 384 g/mol. The van der Waals surface area contributed by atoms with Gasteiger partial charge in [-0.3, -0.25) is 9.59 Å². The lowest BCUT2D eigenvalue weighted by Gasteiger charge is -2.44. The van der Waals surface area contributed by atoms with Gasteiger partial charge in [-0.2, -0.15) is 0 Å². The van der Waals surface area contributed by atoms with E-state index >= 15 is 0 Å². The van der Waals surface area contributed by atoms with Crippen LogP contribution in [-0.4, -0.2) is 62.1 Å². The van der Waals surface area contributed by atoms with E-state index in [2.05, 4.69) is 0 Å². The van der Waals surface area contributed by atoms with Crippen molar-refractivity contribution in [1.29, 1.82) is 0 Å². The molecule has 1 atom stereocenters. The number of amides is 2. The van der Waals surface area contributed by atoms with Gasteiger partial charge in [-0.05, 0) is 60.9 Å². The first-order chi connectivity index (χ1) is 14.5. The van der Waals surface area contributed by atoms with Crippen LogP contribution in [0.3, 0.4) is 0 Å². The van der Waals surface area contributed by atoms with Gasteiger partial charge in [0.25, 0.3) is 5.91 Å². The van der Waals surface area contributed by atoms with Crippen LogP contribution in [0, 0.1) is 0 Å². The number of carbonyl (C=O) groups is 2. The molecule has 7 nitrogen and oxygen atoms in total. The van der Waals surface area contributed by atoms with Crippen molar-refractivity contribution in [1.82, 2.24) is 9.80 Å². The number of benzene rings is 2. The Morgan fingerprint density at radius 1 is 1.10 bits per heavy atom. The lowest BCUT2D eigenvalue weighted by Crippen LogP contribution is -2.55. The first-order valence-corrected chi connectivity index (χ1v) is 10.1. The molecule has 1 unspecified atom stereocenters. The van der Waals surface area contributed by atoms with E-state index < -0.39 is 0 Å². The molecule has 0 bridgehead atoms. The number of rotatable bonds is 5. The van der Waals surface area contributed by atoms with Gasteiger partial charge in [0, 0.05) is 18.7 Å². The predicted octanol–water partition coefficient (Wildman–Crippen LogP) is 2.68. The SMILES string of the molecule is CCOc1ccc(C(=O)N2CC(=O)N3CCc4cc(OC)c(OC)cc4C3C2)cc1. The van der Waals surface area contributed by atoms with E-state index in [0.717, 1.165) is 23.3 Å². The fraction of sp³-hybridized carbons (Fsp3) is 0.391. The maximum absolute atomic E-state index is 13.1. The van der Waals surface area contributed by atoms with Gasteiger partial charge in [0.15, 0.2) is 11.5 Å². The summed E-state index contributed by atoms with van der Waals surface area (Å²) >= 11 is 0. The van der Waals surface area contributed by atoms with Gasteiger partial charge in [0.1, 0.15) is 12.3 Å². The molecule has 2 amide bonds. The largest absolute Gasteiger partial charge is 0.494 e. The van der Waals surface area contributed by atoms with Gasteiger partial charge in [-0.1, -0.05) is 0 Å². The average Bonchev–Trinajstić information content (AvgIpc) is 2.78. The summed E-state index contributed by atoms with van der Waals surface area (Å²) in [6, 6.07) is 10.8. The van der Waals surface area contributed by atoms with Crippen molar-refractivity contribution in [3.05, 3.63) is 53.1 Å². The Morgan fingerprint density at radius 2 is 1.80 bits per heavy atom. The van der Waals surface area contributed by atoms with Crippen molar-refractivity contribution in [3.8, 4) is 17.2 Å². The summed E-state index contributed by atoms with van der Waals surface area (Å²) in [5, 5.41) is 0. The van der Waals surface area contributed by atoms with E-state index in [1.165, 1.54) is 0 Å². The van der Waals surface area contributed by atoms with Crippen LogP contribution in [0.25, 0.3) is 0 Å². The van der Waals surface area contributed by atoms with Gasteiger partial charge in [-0.15, -0.1) is 0 Å². The molecule has 158 valence electrons. The summed E-state index contributed by atoms with van der Waals surface area (Å²) in [7, 11) is 3.21. The molecule has 30 heavy (non-hydrogen) atoms. The predicted molar refractivity (Wildman–Crippen MR) is 111 cm³/mol. The maximum Gasteiger partial charge on any atom is 0.254 e. The first-order valence-electron chi connectivity index (χ1n) is 10.1. The molecule has 1 fully saturated rings. The number of carbonyl (C=O) groups excluding carboxylic acids is 2. The molecule has 0 N–H and O–H groups in total. The zero-order chi connectivity index (χ0) is 21.3. The highest BCUT2D eigenvalue weighted by molar-refractivity contribution is 5.97. The summed E-state index contributed by atoms with van der Waals surface area (Å²) in [5.74, 6) is 1.83. The minimum atomic E-state index is -0.193. The molecule has 2 aliphatic rings. The summed E-state index contributed by atoms with van der Waals surface area (Å²) < 4.78 is 16.3. The smallest absolute Gasteiger partial charge is 0.254 e. The van der Waals surface area contributed by atoms with Crippen LogP contribution < -0.4 is 14.2 Å². The highest BCUT2D eigenvalue weighted by atomic mass is 16.5. The minimum Gasteiger partial charge on any atom is -0.494 e. The number of methoxy groups -OCH3 is 2. The second kappa shape index (κ2) is 8.26. The number of fused-ring (bicyclic) bond motifs is 3. The van der Waals surface area contributed by atoms with Crippen molar-refractivity contribution in [3.63, 3.8) is 0 Å². The van der Waals surface area contributed by atoms with E-state index in [-0.39, 0.29) is 24.4 Å². The molecule has 2 aromatic rings. The molecule has 0 aromatic heterocycles. The standard InChI is InChI=1S/C23H26N2O5/c1-4-30-17-7-5-15(6-8-17)23(27)24-13-19-18-12-21(29-3)20(28-2)11-16(18)9-10-25(19)22(26)14-24/h5-8,11-12,19H,4,9-10,13-14H2,1-3H3. The molecule has 4 rings (SSSR count). The molecule has 1 saturated heterocycles. The third-order valence-electron chi connectivity index (χ3n) is 5.74. The highest BCUT2D eigenvalue weighted by Crippen LogP contribution is 2.39. The first kappa shape index (κ1) is 20.1. The van der Waals surface area contributed by atoms with Gasteiger partial charge in [0.05, 0.1) is 26.9 Å². The Balaban J connectivity index is 1.61. The van der Waals surface area contributed by atoms with E-state index in [4.69, 9.17) is 14.2 Å². The molecule has 2 aromatic carbocycles. The Hall–Kier alpha value is -3.22. The Morgan fingerprint density at radius 3 is 2.47 bits per heavy atom. The van der Waals surface area contributed by atoms with Gasteiger partial charge < -0.3 is 24.0 Å². The fourth-order valence-electron chi connectivity index (χ4n) is 4.25. The third kappa shape index (κ3) is 3.56. The summed E-state index contributed by atoms with van der Waals surface area (Å²) in [6.07, 6.45) is 0.755. The van der Waals surface area contributed by atoms with Gasteiger partial charge in [-0.25, -0.2) is 0 Å². The monoisotopic (exact) mass is 410 g/mol. The van der Waals surface area contributed by atoms with Crippen LogP contribution in [0.1, 0.15) is 34.5 Å². The molecular formula is C23H26N2O5. The van der Waals surface area contributed by atoms with Crippen molar-refractivity contribution in [2.24, 2.45) is 0 Å². The molecule has 0 aliphatic carbocycles. The Kier molecular flexibility index (Phi) is 5.53. The van der Waals surface area contributed by atoms with E-state index in [1.54, 1.807) is 43.4 Å². The zero-order valence-electron chi connectivity index (χ0n) is 17.5. The Labute approximate surface area is 176 Å².